The van der Waals surface area contributed by atoms with Gasteiger partial charge in [0.15, 0.2) is 0 Å². The molecule has 0 aliphatic carbocycles. The number of hydrogen-bond donors (Lipinski definition) is 1. The summed E-state index contributed by atoms with van der Waals surface area (Å²) in [4.78, 5) is 2.58. The maximum absolute atomic E-state index is 5.64. The highest BCUT2D eigenvalue weighted by Crippen LogP contribution is 2.28. The van der Waals surface area contributed by atoms with Gasteiger partial charge in [0.2, 0.25) is 0 Å². The molecule has 1 aliphatic rings. The van der Waals surface area contributed by atoms with E-state index in [9.17, 15) is 0 Å². The van der Waals surface area contributed by atoms with Crippen LogP contribution in [0.15, 0.2) is 6.20 Å². The molecule has 1 aliphatic heterocycles. The predicted molar refractivity (Wildman–Crippen MR) is 74.3 cm³/mol. The van der Waals surface area contributed by atoms with E-state index in [1.54, 1.807) is 0 Å². The topological polar surface area (TPSA) is 47.1 Å². The Hall–Kier alpha value is -0.870. The van der Waals surface area contributed by atoms with Crippen LogP contribution in [0, 0.1) is 12.8 Å². The Labute approximate surface area is 110 Å². The average Bonchev–Trinajstić information content (AvgIpc) is 2.69. The zero-order valence-corrected chi connectivity index (χ0v) is 11.9. The van der Waals surface area contributed by atoms with E-state index in [4.69, 9.17) is 5.73 Å². The third-order valence-electron chi connectivity index (χ3n) is 4.27. The molecule has 2 rings (SSSR count). The van der Waals surface area contributed by atoms with E-state index in [0.717, 1.165) is 18.2 Å². The van der Waals surface area contributed by atoms with Gasteiger partial charge >= 0.3 is 0 Å². The third-order valence-corrected chi connectivity index (χ3v) is 4.27. The maximum Gasteiger partial charge on any atom is 0.0641 e. The molecular weight excluding hydrogens is 224 g/mol. The Kier molecular flexibility index (Phi) is 4.40. The van der Waals surface area contributed by atoms with Crippen LogP contribution in [0.4, 0.5) is 0 Å². The molecule has 0 saturated carbocycles. The van der Waals surface area contributed by atoms with Crippen molar-refractivity contribution in [1.82, 2.24) is 14.7 Å². The van der Waals surface area contributed by atoms with E-state index >= 15 is 0 Å². The van der Waals surface area contributed by atoms with E-state index in [1.807, 2.05) is 11.7 Å². The summed E-state index contributed by atoms with van der Waals surface area (Å²) in [6.45, 7) is 7.63. The summed E-state index contributed by atoms with van der Waals surface area (Å²) in [5.41, 5.74) is 8.17. The molecule has 1 saturated heterocycles. The Balaban J connectivity index is 1.95. The number of piperidine rings is 1. The fraction of sp³-hybridized carbons (Fsp3) is 0.786. The highest BCUT2D eigenvalue weighted by molar-refractivity contribution is 5.19. The monoisotopic (exact) mass is 250 g/mol. The van der Waals surface area contributed by atoms with Gasteiger partial charge in [-0.05, 0) is 58.7 Å². The van der Waals surface area contributed by atoms with Crippen molar-refractivity contribution in [2.75, 3.05) is 19.6 Å². The smallest absolute Gasteiger partial charge is 0.0641 e. The number of aryl methyl sites for hydroxylation is 2. The van der Waals surface area contributed by atoms with E-state index in [2.05, 4.69) is 30.0 Å². The summed E-state index contributed by atoms with van der Waals surface area (Å²) in [7, 11) is 2.00. The molecule has 0 spiro atoms. The van der Waals surface area contributed by atoms with E-state index in [0.29, 0.717) is 6.04 Å². The van der Waals surface area contributed by atoms with Gasteiger partial charge in [-0.25, -0.2) is 0 Å². The Morgan fingerprint density at radius 3 is 2.61 bits per heavy atom. The second-order valence-corrected chi connectivity index (χ2v) is 5.58. The van der Waals surface area contributed by atoms with Gasteiger partial charge in [0.25, 0.3) is 0 Å². The first-order valence-electron chi connectivity index (χ1n) is 7.06. The van der Waals surface area contributed by atoms with Crippen LogP contribution in [0.3, 0.4) is 0 Å². The van der Waals surface area contributed by atoms with Crippen LogP contribution in [-0.2, 0) is 7.05 Å². The molecule has 0 radical (unpaired) electrons. The molecule has 1 atom stereocenters. The first-order chi connectivity index (χ1) is 8.61. The van der Waals surface area contributed by atoms with Crippen LogP contribution in [0.25, 0.3) is 0 Å². The standard InChI is InChI=1S/C14H26N4/c1-11-14(10-17(3)16-11)12(2)18-8-5-13(4-7-15)6-9-18/h10,12-13H,4-9,15H2,1-3H3. The summed E-state index contributed by atoms with van der Waals surface area (Å²) in [5, 5.41) is 4.44. The quantitative estimate of drug-likeness (QED) is 0.887. The molecule has 2 N–H and O–H groups in total. The maximum atomic E-state index is 5.64. The average molecular weight is 250 g/mol. The third kappa shape index (κ3) is 2.93. The highest BCUT2D eigenvalue weighted by atomic mass is 15.3. The second-order valence-electron chi connectivity index (χ2n) is 5.58. The lowest BCUT2D eigenvalue weighted by Crippen LogP contribution is -2.36. The first kappa shape index (κ1) is 13.6. The van der Waals surface area contributed by atoms with Crippen molar-refractivity contribution >= 4 is 0 Å². The minimum atomic E-state index is 0.484. The molecule has 4 nitrogen and oxygen atoms in total. The number of likely N-dealkylation sites (tertiary alicyclic amines) is 1. The zero-order valence-electron chi connectivity index (χ0n) is 11.9. The number of nitrogens with zero attached hydrogens (tertiary/aromatic N) is 3. The lowest BCUT2D eigenvalue weighted by Gasteiger charge is -2.36. The van der Waals surface area contributed by atoms with Gasteiger partial charge in [-0.1, -0.05) is 0 Å². The molecular formula is C14H26N4. The van der Waals surface area contributed by atoms with E-state index in [1.165, 1.54) is 37.9 Å². The molecule has 2 heterocycles. The van der Waals surface area contributed by atoms with Crippen molar-refractivity contribution in [2.24, 2.45) is 18.7 Å². The largest absolute Gasteiger partial charge is 0.330 e. The summed E-state index contributed by atoms with van der Waals surface area (Å²) in [5.74, 6) is 0.841. The van der Waals surface area contributed by atoms with Crippen LogP contribution < -0.4 is 5.73 Å². The van der Waals surface area contributed by atoms with Gasteiger partial charge in [0.05, 0.1) is 5.69 Å². The van der Waals surface area contributed by atoms with Crippen molar-refractivity contribution in [2.45, 2.75) is 39.2 Å². The van der Waals surface area contributed by atoms with Crippen LogP contribution >= 0.6 is 0 Å². The molecule has 0 amide bonds. The molecule has 4 heteroatoms. The lowest BCUT2D eigenvalue weighted by atomic mass is 9.92. The van der Waals surface area contributed by atoms with E-state index in [-0.39, 0.29) is 0 Å². The zero-order chi connectivity index (χ0) is 13.1. The van der Waals surface area contributed by atoms with Crippen LogP contribution in [0.5, 0.6) is 0 Å². The second kappa shape index (κ2) is 5.85. The fourth-order valence-electron chi connectivity index (χ4n) is 3.09. The number of hydrogen-bond acceptors (Lipinski definition) is 3. The number of rotatable bonds is 4. The van der Waals surface area contributed by atoms with Crippen molar-refractivity contribution in [3.63, 3.8) is 0 Å². The van der Waals surface area contributed by atoms with Gasteiger partial charge in [0.1, 0.15) is 0 Å². The molecule has 0 aromatic carbocycles. The SMILES string of the molecule is Cc1nn(C)cc1C(C)N1CCC(CCN)CC1. The number of aromatic nitrogens is 2. The summed E-state index contributed by atoms with van der Waals surface area (Å²) in [6.07, 6.45) is 5.93. The first-order valence-corrected chi connectivity index (χ1v) is 7.06. The normalized spacial score (nSPS) is 20.2. The Morgan fingerprint density at radius 2 is 2.11 bits per heavy atom. The van der Waals surface area contributed by atoms with Crippen molar-refractivity contribution in [3.8, 4) is 0 Å². The van der Waals surface area contributed by atoms with E-state index < -0.39 is 0 Å². The molecule has 1 aromatic rings. The molecule has 1 fully saturated rings. The van der Waals surface area contributed by atoms with Crippen molar-refractivity contribution < 1.29 is 0 Å². The minimum Gasteiger partial charge on any atom is -0.330 e. The van der Waals surface area contributed by atoms with Crippen molar-refractivity contribution in [1.29, 1.82) is 0 Å². The number of nitrogens with two attached hydrogens (primary N) is 1. The van der Waals surface area contributed by atoms with Crippen LogP contribution in [0.2, 0.25) is 0 Å². The fourth-order valence-corrected chi connectivity index (χ4v) is 3.09. The Morgan fingerprint density at radius 1 is 1.44 bits per heavy atom. The van der Waals surface area contributed by atoms with Gasteiger partial charge in [0, 0.05) is 24.8 Å². The van der Waals surface area contributed by atoms with Crippen LogP contribution in [0.1, 0.15) is 43.5 Å². The highest BCUT2D eigenvalue weighted by Gasteiger charge is 2.24. The van der Waals surface area contributed by atoms with Gasteiger partial charge in [-0.3, -0.25) is 9.58 Å². The lowest BCUT2D eigenvalue weighted by molar-refractivity contribution is 0.138. The summed E-state index contributed by atoms with van der Waals surface area (Å²) in [6, 6.07) is 0.484. The summed E-state index contributed by atoms with van der Waals surface area (Å²) < 4.78 is 1.92. The molecule has 0 bridgehead atoms. The minimum absolute atomic E-state index is 0.484. The summed E-state index contributed by atoms with van der Waals surface area (Å²) >= 11 is 0. The van der Waals surface area contributed by atoms with Gasteiger partial charge < -0.3 is 5.73 Å². The van der Waals surface area contributed by atoms with Gasteiger partial charge in [-0.2, -0.15) is 5.10 Å². The Bertz CT molecular complexity index is 377. The molecule has 1 unspecified atom stereocenters. The molecule has 1 aromatic heterocycles. The molecule has 18 heavy (non-hydrogen) atoms. The predicted octanol–water partition coefficient (Wildman–Crippen LogP) is 1.85. The van der Waals surface area contributed by atoms with Crippen LogP contribution in [-0.4, -0.2) is 34.3 Å². The van der Waals surface area contributed by atoms with Gasteiger partial charge in [-0.15, -0.1) is 0 Å². The van der Waals surface area contributed by atoms with Crippen molar-refractivity contribution in [3.05, 3.63) is 17.5 Å². The molecule has 102 valence electrons.